The Labute approximate surface area is 90.9 Å². The zero-order valence-electron chi connectivity index (χ0n) is 7.55. The van der Waals surface area contributed by atoms with Crippen LogP contribution in [0.5, 0.6) is 0 Å². The van der Waals surface area contributed by atoms with Gasteiger partial charge >= 0.3 is 0 Å². The van der Waals surface area contributed by atoms with E-state index >= 15 is 0 Å². The Bertz CT molecular complexity index is 400. The fraction of sp³-hybridized carbons (Fsp3) is 0.200. The molecular weight excluding hydrogens is 242 g/mol. The standard InChI is InChI=1S/C10H10BrN3/c11-8-2-3-9-7(5-8)1-4-10(13)14(9)6-12/h2-3,5-6,12-13H,1,4H2. The van der Waals surface area contributed by atoms with E-state index in [0.717, 1.165) is 16.6 Å². The highest BCUT2D eigenvalue weighted by atomic mass is 79.9. The Kier molecular flexibility index (Phi) is 2.37. The summed E-state index contributed by atoms with van der Waals surface area (Å²) in [6.07, 6.45) is 2.80. The van der Waals surface area contributed by atoms with Gasteiger partial charge in [0.2, 0.25) is 0 Å². The molecule has 1 heterocycles. The van der Waals surface area contributed by atoms with Crippen LogP contribution in [0, 0.1) is 10.8 Å². The second-order valence-corrected chi connectivity index (χ2v) is 4.13. The number of aryl methyl sites for hydroxylation is 1. The van der Waals surface area contributed by atoms with E-state index in [2.05, 4.69) is 22.0 Å². The molecule has 4 heteroatoms. The van der Waals surface area contributed by atoms with Gasteiger partial charge in [0.25, 0.3) is 0 Å². The van der Waals surface area contributed by atoms with Crippen molar-refractivity contribution in [3.05, 3.63) is 28.2 Å². The predicted molar refractivity (Wildman–Crippen MR) is 61.5 cm³/mol. The molecule has 0 unspecified atom stereocenters. The van der Waals surface area contributed by atoms with E-state index in [-0.39, 0.29) is 0 Å². The summed E-state index contributed by atoms with van der Waals surface area (Å²) >= 11 is 3.42. The Hall–Kier alpha value is -1.16. The smallest absolute Gasteiger partial charge is 0.106 e. The number of amidine groups is 1. The summed E-state index contributed by atoms with van der Waals surface area (Å²) in [6, 6.07) is 5.93. The minimum Gasteiger partial charge on any atom is -0.291 e. The van der Waals surface area contributed by atoms with Crippen molar-refractivity contribution in [2.45, 2.75) is 12.8 Å². The maximum absolute atomic E-state index is 7.69. The van der Waals surface area contributed by atoms with Crippen LogP contribution in [0.1, 0.15) is 12.0 Å². The molecule has 0 saturated heterocycles. The third kappa shape index (κ3) is 1.46. The fourth-order valence-electron chi connectivity index (χ4n) is 1.66. The summed E-state index contributed by atoms with van der Waals surface area (Å²) in [5.74, 6) is 0.495. The topological polar surface area (TPSA) is 50.9 Å². The largest absolute Gasteiger partial charge is 0.291 e. The number of hydrogen-bond donors (Lipinski definition) is 2. The van der Waals surface area contributed by atoms with Crippen LogP contribution in [-0.2, 0) is 6.42 Å². The number of hydrogen-bond acceptors (Lipinski definition) is 2. The van der Waals surface area contributed by atoms with Gasteiger partial charge in [-0.2, -0.15) is 0 Å². The van der Waals surface area contributed by atoms with E-state index in [0.29, 0.717) is 12.3 Å². The molecule has 0 bridgehead atoms. The van der Waals surface area contributed by atoms with Crippen LogP contribution in [0.4, 0.5) is 5.69 Å². The maximum Gasteiger partial charge on any atom is 0.106 e. The molecule has 0 radical (unpaired) electrons. The lowest BCUT2D eigenvalue weighted by Crippen LogP contribution is -2.32. The molecule has 2 rings (SSSR count). The fourth-order valence-corrected chi connectivity index (χ4v) is 2.06. The first-order valence-electron chi connectivity index (χ1n) is 4.38. The summed E-state index contributed by atoms with van der Waals surface area (Å²) in [4.78, 5) is 1.62. The van der Waals surface area contributed by atoms with E-state index in [1.54, 1.807) is 4.90 Å². The van der Waals surface area contributed by atoms with E-state index in [9.17, 15) is 0 Å². The number of nitrogens with zero attached hydrogens (tertiary/aromatic N) is 1. The number of fused-ring (bicyclic) bond motifs is 1. The zero-order chi connectivity index (χ0) is 10.1. The van der Waals surface area contributed by atoms with Crippen molar-refractivity contribution in [3.63, 3.8) is 0 Å². The average Bonchev–Trinajstić information content (AvgIpc) is 2.18. The monoisotopic (exact) mass is 251 g/mol. The lowest BCUT2D eigenvalue weighted by atomic mass is 10.0. The molecular formula is C10H10BrN3. The molecule has 14 heavy (non-hydrogen) atoms. The number of halogens is 1. The number of rotatable bonds is 1. The summed E-state index contributed by atoms with van der Waals surface area (Å²) in [5, 5.41) is 15.0. The molecule has 1 aromatic rings. The van der Waals surface area contributed by atoms with Crippen molar-refractivity contribution in [1.82, 2.24) is 0 Å². The number of nitrogens with one attached hydrogen (secondary N) is 2. The van der Waals surface area contributed by atoms with Gasteiger partial charge in [-0.05, 0) is 30.2 Å². The summed E-state index contributed by atoms with van der Waals surface area (Å²) in [7, 11) is 0. The van der Waals surface area contributed by atoms with Crippen LogP contribution in [-0.4, -0.2) is 12.2 Å². The summed E-state index contributed by atoms with van der Waals surface area (Å²) < 4.78 is 1.05. The van der Waals surface area contributed by atoms with E-state index < -0.39 is 0 Å². The molecule has 0 aliphatic carbocycles. The van der Waals surface area contributed by atoms with Gasteiger partial charge in [0, 0.05) is 10.9 Å². The Morgan fingerprint density at radius 3 is 2.86 bits per heavy atom. The van der Waals surface area contributed by atoms with Crippen LogP contribution in [0.25, 0.3) is 0 Å². The van der Waals surface area contributed by atoms with Gasteiger partial charge < -0.3 is 0 Å². The first-order chi connectivity index (χ1) is 6.72. The molecule has 3 nitrogen and oxygen atoms in total. The highest BCUT2D eigenvalue weighted by molar-refractivity contribution is 9.10. The molecule has 2 N–H and O–H groups in total. The molecule has 0 saturated carbocycles. The van der Waals surface area contributed by atoms with Crippen LogP contribution in [0.15, 0.2) is 22.7 Å². The summed E-state index contributed by atoms with van der Waals surface area (Å²) in [6.45, 7) is 0. The van der Waals surface area contributed by atoms with E-state index in [1.807, 2.05) is 12.1 Å². The van der Waals surface area contributed by atoms with Crippen molar-refractivity contribution >= 4 is 33.8 Å². The number of anilines is 1. The second kappa shape index (κ2) is 3.53. The molecule has 0 atom stereocenters. The van der Waals surface area contributed by atoms with Gasteiger partial charge in [0.1, 0.15) is 5.84 Å². The SMILES string of the molecule is N=CN1C(=N)CCc2cc(Br)ccc21. The van der Waals surface area contributed by atoms with Crippen molar-refractivity contribution in [2.24, 2.45) is 0 Å². The van der Waals surface area contributed by atoms with Gasteiger partial charge in [-0.15, -0.1) is 0 Å². The zero-order valence-corrected chi connectivity index (χ0v) is 9.13. The van der Waals surface area contributed by atoms with Gasteiger partial charge in [0.05, 0.1) is 12.0 Å². The molecule has 0 fully saturated rings. The van der Waals surface area contributed by atoms with Crippen molar-refractivity contribution < 1.29 is 0 Å². The molecule has 72 valence electrons. The third-order valence-electron chi connectivity index (χ3n) is 2.35. The second-order valence-electron chi connectivity index (χ2n) is 3.22. The first kappa shape index (κ1) is 9.40. The molecule has 1 aliphatic rings. The van der Waals surface area contributed by atoms with E-state index in [1.165, 1.54) is 11.9 Å². The van der Waals surface area contributed by atoms with E-state index in [4.69, 9.17) is 10.8 Å². The van der Waals surface area contributed by atoms with Gasteiger partial charge in [-0.1, -0.05) is 15.9 Å². The van der Waals surface area contributed by atoms with Gasteiger partial charge in [-0.3, -0.25) is 15.7 Å². The molecule has 1 aromatic carbocycles. The van der Waals surface area contributed by atoms with Gasteiger partial charge in [0.15, 0.2) is 0 Å². The number of benzene rings is 1. The predicted octanol–water partition coefficient (Wildman–Crippen LogP) is 2.79. The lowest BCUT2D eigenvalue weighted by Gasteiger charge is -2.27. The molecule has 0 spiro atoms. The van der Waals surface area contributed by atoms with Crippen LogP contribution in [0.3, 0.4) is 0 Å². The van der Waals surface area contributed by atoms with Crippen molar-refractivity contribution in [2.75, 3.05) is 4.90 Å². The maximum atomic E-state index is 7.69. The highest BCUT2D eigenvalue weighted by Gasteiger charge is 2.19. The van der Waals surface area contributed by atoms with Crippen LogP contribution in [0.2, 0.25) is 0 Å². The van der Waals surface area contributed by atoms with Crippen LogP contribution < -0.4 is 4.90 Å². The van der Waals surface area contributed by atoms with Gasteiger partial charge in [-0.25, -0.2) is 0 Å². The Balaban J connectivity index is 2.52. The van der Waals surface area contributed by atoms with Crippen LogP contribution >= 0.6 is 15.9 Å². The minimum atomic E-state index is 0.495. The lowest BCUT2D eigenvalue weighted by molar-refractivity contribution is 0.972. The molecule has 0 aromatic heterocycles. The molecule has 0 amide bonds. The quantitative estimate of drug-likeness (QED) is 0.586. The Morgan fingerprint density at radius 2 is 2.14 bits per heavy atom. The average molecular weight is 252 g/mol. The minimum absolute atomic E-state index is 0.495. The first-order valence-corrected chi connectivity index (χ1v) is 5.17. The normalized spacial score (nSPS) is 15.2. The van der Waals surface area contributed by atoms with Crippen molar-refractivity contribution in [3.8, 4) is 0 Å². The highest BCUT2D eigenvalue weighted by Crippen LogP contribution is 2.29. The third-order valence-corrected chi connectivity index (χ3v) is 2.85. The molecule has 1 aliphatic heterocycles. The Morgan fingerprint density at radius 1 is 1.36 bits per heavy atom. The summed E-state index contributed by atoms with van der Waals surface area (Å²) in [5.41, 5.74) is 2.15. The van der Waals surface area contributed by atoms with Crippen molar-refractivity contribution in [1.29, 1.82) is 10.8 Å².